The van der Waals surface area contributed by atoms with E-state index in [1.807, 2.05) is 4.90 Å². The summed E-state index contributed by atoms with van der Waals surface area (Å²) in [6.07, 6.45) is 4.28. The molecule has 0 fully saturated rings. The molecule has 4 rings (SSSR count). The Morgan fingerprint density at radius 2 is 1.59 bits per heavy atom. The molecule has 0 saturated heterocycles. The molecule has 3 aromatic rings. The molecular formula is C29H37ClN2O2. The van der Waals surface area contributed by atoms with Gasteiger partial charge >= 0.3 is 0 Å². The number of benzene rings is 2. The van der Waals surface area contributed by atoms with Crippen LogP contribution >= 0.6 is 12.4 Å². The Balaban J connectivity index is 0.00000324. The number of rotatable bonds is 10. The van der Waals surface area contributed by atoms with Gasteiger partial charge in [0.2, 0.25) is 5.91 Å². The minimum absolute atomic E-state index is 0. The van der Waals surface area contributed by atoms with E-state index in [0.29, 0.717) is 13.0 Å². The van der Waals surface area contributed by atoms with Crippen LogP contribution < -0.4 is 0 Å². The van der Waals surface area contributed by atoms with Gasteiger partial charge in [0, 0.05) is 13.0 Å². The molecule has 1 aliphatic heterocycles. The van der Waals surface area contributed by atoms with Crippen LogP contribution in [0, 0.1) is 0 Å². The van der Waals surface area contributed by atoms with Crippen molar-refractivity contribution in [2.45, 2.75) is 59.0 Å². The van der Waals surface area contributed by atoms with Crippen LogP contribution in [0.4, 0.5) is 0 Å². The van der Waals surface area contributed by atoms with E-state index in [1.54, 1.807) is 0 Å². The van der Waals surface area contributed by atoms with Crippen molar-refractivity contribution in [3.63, 3.8) is 0 Å². The highest BCUT2D eigenvalue weighted by atomic mass is 35.5. The number of carbonyl (C=O) groups is 1. The van der Waals surface area contributed by atoms with E-state index >= 15 is 0 Å². The second-order valence-corrected chi connectivity index (χ2v) is 8.99. The number of halogens is 1. The van der Waals surface area contributed by atoms with E-state index in [1.165, 1.54) is 22.3 Å². The van der Waals surface area contributed by atoms with Crippen molar-refractivity contribution in [3.8, 4) is 0 Å². The third-order valence-electron chi connectivity index (χ3n) is 6.72. The molecule has 4 nitrogen and oxygen atoms in total. The zero-order chi connectivity index (χ0) is 23.0. The van der Waals surface area contributed by atoms with E-state index in [4.69, 9.17) is 4.42 Å². The summed E-state index contributed by atoms with van der Waals surface area (Å²) in [7, 11) is 0. The van der Waals surface area contributed by atoms with Gasteiger partial charge in [-0.3, -0.25) is 9.69 Å². The van der Waals surface area contributed by atoms with Crippen LogP contribution in [-0.2, 0) is 43.6 Å². The monoisotopic (exact) mass is 480 g/mol. The van der Waals surface area contributed by atoms with Gasteiger partial charge in [-0.15, -0.1) is 12.4 Å². The van der Waals surface area contributed by atoms with Gasteiger partial charge in [0.25, 0.3) is 0 Å². The summed E-state index contributed by atoms with van der Waals surface area (Å²) in [5, 5.41) is 0. The van der Waals surface area contributed by atoms with Crippen LogP contribution in [0.2, 0.25) is 0 Å². The van der Waals surface area contributed by atoms with Crippen LogP contribution in [0.25, 0.3) is 0 Å². The summed E-state index contributed by atoms with van der Waals surface area (Å²) in [4.78, 5) is 17.2. The minimum Gasteiger partial charge on any atom is -0.463 e. The van der Waals surface area contributed by atoms with Crippen molar-refractivity contribution in [2.24, 2.45) is 0 Å². The fourth-order valence-electron chi connectivity index (χ4n) is 4.62. The molecule has 182 valence electrons. The third kappa shape index (κ3) is 6.97. The summed E-state index contributed by atoms with van der Waals surface area (Å²) in [5.74, 6) is 2.21. The fourth-order valence-corrected chi connectivity index (χ4v) is 4.62. The highest BCUT2D eigenvalue weighted by Gasteiger charge is 2.24. The first kappa shape index (κ1) is 26.1. The highest BCUT2D eigenvalue weighted by molar-refractivity contribution is 5.85. The smallest absolute Gasteiger partial charge is 0.223 e. The highest BCUT2D eigenvalue weighted by Crippen LogP contribution is 2.24. The maximum absolute atomic E-state index is 12.9. The molecule has 1 amide bonds. The maximum atomic E-state index is 12.9. The predicted octanol–water partition coefficient (Wildman–Crippen LogP) is 5.85. The lowest BCUT2D eigenvalue weighted by atomic mass is 10.0. The molecule has 0 radical (unpaired) electrons. The SMILES string of the molecule is CCN(CC)Cc1cc2c(o1)CN(C(=O)CCc1cccc(CCc3ccccc3)c1)CC2.Cl. The van der Waals surface area contributed by atoms with Crippen molar-refractivity contribution in [2.75, 3.05) is 19.6 Å². The molecule has 0 spiro atoms. The average Bonchev–Trinajstić information content (AvgIpc) is 3.27. The Hall–Kier alpha value is -2.56. The Morgan fingerprint density at radius 3 is 2.32 bits per heavy atom. The Labute approximate surface area is 210 Å². The molecule has 0 aliphatic carbocycles. The lowest BCUT2D eigenvalue weighted by Gasteiger charge is -2.26. The summed E-state index contributed by atoms with van der Waals surface area (Å²) in [6, 6.07) is 21.5. The van der Waals surface area contributed by atoms with E-state index in [0.717, 1.165) is 63.4 Å². The largest absolute Gasteiger partial charge is 0.463 e. The molecule has 0 atom stereocenters. The van der Waals surface area contributed by atoms with Crippen molar-refractivity contribution >= 4 is 18.3 Å². The van der Waals surface area contributed by atoms with Crippen LogP contribution in [0.3, 0.4) is 0 Å². The van der Waals surface area contributed by atoms with Gasteiger partial charge in [-0.2, -0.15) is 0 Å². The number of hydrogen-bond donors (Lipinski definition) is 0. The van der Waals surface area contributed by atoms with E-state index in [9.17, 15) is 4.79 Å². The zero-order valence-corrected chi connectivity index (χ0v) is 21.3. The van der Waals surface area contributed by atoms with E-state index < -0.39 is 0 Å². The topological polar surface area (TPSA) is 36.7 Å². The van der Waals surface area contributed by atoms with Crippen molar-refractivity contribution in [1.82, 2.24) is 9.80 Å². The molecular weight excluding hydrogens is 444 g/mol. The normalized spacial score (nSPS) is 13.0. The first-order valence-electron chi connectivity index (χ1n) is 12.4. The molecule has 2 aromatic carbocycles. The van der Waals surface area contributed by atoms with Gasteiger partial charge in [0.05, 0.1) is 13.1 Å². The van der Waals surface area contributed by atoms with E-state index in [2.05, 4.69) is 79.4 Å². The maximum Gasteiger partial charge on any atom is 0.223 e. The number of aryl methyl sites for hydroxylation is 3. The summed E-state index contributed by atoms with van der Waals surface area (Å²) >= 11 is 0. The lowest BCUT2D eigenvalue weighted by Crippen LogP contribution is -2.35. The molecule has 5 heteroatoms. The molecule has 1 aromatic heterocycles. The van der Waals surface area contributed by atoms with Gasteiger partial charge in [0.1, 0.15) is 11.5 Å². The Bertz CT molecular complexity index is 1040. The summed E-state index contributed by atoms with van der Waals surface area (Å²) in [6.45, 7) is 8.60. The van der Waals surface area contributed by atoms with Gasteiger partial charge in [-0.1, -0.05) is 68.4 Å². The molecule has 0 N–H and O–H groups in total. The second-order valence-electron chi connectivity index (χ2n) is 8.99. The van der Waals surface area contributed by atoms with Crippen molar-refractivity contribution in [1.29, 1.82) is 0 Å². The number of carbonyl (C=O) groups excluding carboxylic acids is 1. The minimum atomic E-state index is 0. The Morgan fingerprint density at radius 1 is 0.912 bits per heavy atom. The first-order valence-corrected chi connectivity index (χ1v) is 12.4. The number of furan rings is 1. The third-order valence-corrected chi connectivity index (χ3v) is 6.72. The summed E-state index contributed by atoms with van der Waals surface area (Å²) < 4.78 is 6.13. The van der Waals surface area contributed by atoms with Gasteiger partial charge in [-0.05, 0) is 67.1 Å². The van der Waals surface area contributed by atoms with E-state index in [-0.39, 0.29) is 18.3 Å². The fraction of sp³-hybridized carbons (Fsp3) is 0.414. The molecule has 2 heterocycles. The zero-order valence-electron chi connectivity index (χ0n) is 20.5. The van der Waals surface area contributed by atoms with Crippen molar-refractivity contribution in [3.05, 3.63) is 94.4 Å². The molecule has 0 bridgehead atoms. The molecule has 1 aliphatic rings. The van der Waals surface area contributed by atoms with Gasteiger partial charge in [0.15, 0.2) is 0 Å². The number of fused-ring (bicyclic) bond motifs is 1. The van der Waals surface area contributed by atoms with Crippen LogP contribution in [0.15, 0.2) is 65.1 Å². The number of nitrogens with zero attached hydrogens (tertiary/aromatic N) is 2. The average molecular weight is 481 g/mol. The second kappa shape index (κ2) is 12.8. The van der Waals surface area contributed by atoms with Crippen molar-refractivity contribution < 1.29 is 9.21 Å². The quantitative estimate of drug-likeness (QED) is 0.365. The molecule has 34 heavy (non-hydrogen) atoms. The predicted molar refractivity (Wildman–Crippen MR) is 140 cm³/mol. The standard InChI is InChI=1S/C29H36N2O2.ClH/c1-3-30(4-2)21-27-20-26-17-18-31(22-28(26)33-27)29(32)16-15-25-12-8-11-24(19-25)14-13-23-9-6-5-7-10-23;/h5-12,19-20H,3-4,13-18,21-22H2,1-2H3;1H. The summed E-state index contributed by atoms with van der Waals surface area (Å²) in [5.41, 5.74) is 5.21. The van der Waals surface area contributed by atoms with Gasteiger partial charge in [-0.25, -0.2) is 0 Å². The van der Waals surface area contributed by atoms with Crippen LogP contribution in [0.1, 0.15) is 54.0 Å². The first-order chi connectivity index (χ1) is 16.1. The lowest BCUT2D eigenvalue weighted by molar-refractivity contribution is -0.132. The van der Waals surface area contributed by atoms with Crippen LogP contribution in [0.5, 0.6) is 0 Å². The molecule has 0 unspecified atom stereocenters. The van der Waals surface area contributed by atoms with Gasteiger partial charge < -0.3 is 9.32 Å². The molecule has 0 saturated carbocycles. The number of hydrogen-bond acceptors (Lipinski definition) is 3. The Kier molecular flexibility index (Phi) is 9.79. The number of amides is 1. The van der Waals surface area contributed by atoms with Crippen LogP contribution in [-0.4, -0.2) is 35.3 Å².